The minimum atomic E-state index is -0.291. The molecule has 33 heavy (non-hydrogen) atoms. The van der Waals surface area contributed by atoms with Gasteiger partial charge in [-0.2, -0.15) is 0 Å². The largest absolute Gasteiger partial charge is 0.340 e. The lowest BCUT2D eigenvalue weighted by Crippen LogP contribution is -2.34. The van der Waals surface area contributed by atoms with Gasteiger partial charge in [0, 0.05) is 61.1 Å². The number of piperidine rings is 1. The molecule has 4 aromatic rings. The van der Waals surface area contributed by atoms with Crippen molar-refractivity contribution in [3.8, 4) is 11.3 Å². The van der Waals surface area contributed by atoms with Gasteiger partial charge in [-0.25, -0.2) is 14.4 Å². The number of hydrogen-bond donors (Lipinski definition) is 1. The summed E-state index contributed by atoms with van der Waals surface area (Å²) in [7, 11) is 0. The highest BCUT2D eigenvalue weighted by molar-refractivity contribution is 5.65. The van der Waals surface area contributed by atoms with E-state index in [1.807, 2.05) is 36.7 Å². The fraction of sp³-hybridized carbons (Fsp3) is 0.231. The van der Waals surface area contributed by atoms with Crippen molar-refractivity contribution in [3.05, 3.63) is 96.6 Å². The summed E-state index contributed by atoms with van der Waals surface area (Å²) in [6, 6.07) is 16.3. The summed E-state index contributed by atoms with van der Waals surface area (Å²) in [5.41, 5.74) is 3.63. The second-order valence-electron chi connectivity index (χ2n) is 8.30. The van der Waals surface area contributed by atoms with Gasteiger partial charge in [0.05, 0.1) is 5.69 Å². The molecular weight excluding hydrogens is 415 g/mol. The van der Waals surface area contributed by atoms with Crippen LogP contribution in [0.15, 0.2) is 79.4 Å². The molecule has 0 amide bonds. The SMILES string of the molecule is Fc1cccc(Nc2cc(-c3cccnc3)nc([C@@H]3CCCN(Cc4ccncc4)C3)n2)c1. The normalized spacial score (nSPS) is 16.5. The van der Waals surface area contributed by atoms with E-state index in [1.165, 1.54) is 17.7 Å². The van der Waals surface area contributed by atoms with Crippen LogP contribution in [0.25, 0.3) is 11.3 Å². The molecule has 166 valence electrons. The predicted molar refractivity (Wildman–Crippen MR) is 126 cm³/mol. The Hall–Kier alpha value is -3.71. The van der Waals surface area contributed by atoms with Gasteiger partial charge in [0.15, 0.2) is 0 Å². The van der Waals surface area contributed by atoms with Crippen LogP contribution in [0.4, 0.5) is 15.9 Å². The van der Waals surface area contributed by atoms with Crippen LogP contribution in [-0.4, -0.2) is 37.9 Å². The first-order chi connectivity index (χ1) is 16.2. The Morgan fingerprint density at radius 2 is 1.88 bits per heavy atom. The molecule has 1 aromatic carbocycles. The maximum absolute atomic E-state index is 13.7. The van der Waals surface area contributed by atoms with E-state index in [-0.39, 0.29) is 11.7 Å². The molecule has 7 heteroatoms. The van der Waals surface area contributed by atoms with Gasteiger partial charge in [0.1, 0.15) is 17.5 Å². The maximum Gasteiger partial charge on any atom is 0.135 e. The molecule has 1 atom stereocenters. The summed E-state index contributed by atoms with van der Waals surface area (Å²) >= 11 is 0. The number of aromatic nitrogens is 4. The number of hydrogen-bond acceptors (Lipinski definition) is 6. The second-order valence-corrected chi connectivity index (χ2v) is 8.30. The van der Waals surface area contributed by atoms with E-state index in [4.69, 9.17) is 9.97 Å². The molecule has 1 fully saturated rings. The monoisotopic (exact) mass is 440 g/mol. The molecule has 3 aromatic heterocycles. The van der Waals surface area contributed by atoms with Crippen LogP contribution in [0, 0.1) is 5.82 Å². The van der Waals surface area contributed by atoms with E-state index in [2.05, 4.69) is 32.3 Å². The predicted octanol–water partition coefficient (Wildman–Crippen LogP) is 5.20. The van der Waals surface area contributed by atoms with Crippen molar-refractivity contribution in [1.82, 2.24) is 24.8 Å². The molecule has 0 saturated carbocycles. The summed E-state index contributed by atoms with van der Waals surface area (Å²) < 4.78 is 13.7. The van der Waals surface area contributed by atoms with Crippen molar-refractivity contribution in [2.75, 3.05) is 18.4 Å². The van der Waals surface area contributed by atoms with Crippen molar-refractivity contribution < 1.29 is 4.39 Å². The molecule has 1 aliphatic rings. The van der Waals surface area contributed by atoms with Crippen molar-refractivity contribution in [3.63, 3.8) is 0 Å². The van der Waals surface area contributed by atoms with E-state index in [0.29, 0.717) is 11.5 Å². The van der Waals surface area contributed by atoms with Crippen molar-refractivity contribution in [2.24, 2.45) is 0 Å². The Bertz CT molecular complexity index is 1200. The van der Waals surface area contributed by atoms with Crippen molar-refractivity contribution >= 4 is 11.5 Å². The quantitative estimate of drug-likeness (QED) is 0.445. The summed E-state index contributed by atoms with van der Waals surface area (Å²) in [5, 5.41) is 3.25. The van der Waals surface area contributed by atoms with Gasteiger partial charge in [-0.05, 0) is 67.4 Å². The molecular formula is C26H25FN6. The topological polar surface area (TPSA) is 66.8 Å². The molecule has 0 bridgehead atoms. The lowest BCUT2D eigenvalue weighted by Gasteiger charge is -2.32. The smallest absolute Gasteiger partial charge is 0.135 e. The third-order valence-corrected chi connectivity index (χ3v) is 5.82. The van der Waals surface area contributed by atoms with E-state index in [9.17, 15) is 4.39 Å². The van der Waals surface area contributed by atoms with Gasteiger partial charge in [-0.1, -0.05) is 6.07 Å². The Kier molecular flexibility index (Phi) is 6.30. The first-order valence-corrected chi connectivity index (χ1v) is 11.2. The lowest BCUT2D eigenvalue weighted by molar-refractivity contribution is 0.196. The van der Waals surface area contributed by atoms with Crippen LogP contribution in [0.3, 0.4) is 0 Å². The third-order valence-electron chi connectivity index (χ3n) is 5.82. The number of anilines is 2. The molecule has 1 saturated heterocycles. The van der Waals surface area contributed by atoms with Crippen LogP contribution >= 0.6 is 0 Å². The van der Waals surface area contributed by atoms with Crippen LogP contribution in [0.1, 0.15) is 30.1 Å². The summed E-state index contributed by atoms with van der Waals surface area (Å²) in [4.78, 5) is 20.6. The summed E-state index contributed by atoms with van der Waals surface area (Å²) in [6.45, 7) is 2.82. The third kappa shape index (κ3) is 5.38. The molecule has 4 heterocycles. The Morgan fingerprint density at radius 3 is 2.70 bits per heavy atom. The highest BCUT2D eigenvalue weighted by Crippen LogP contribution is 2.29. The number of nitrogens with zero attached hydrogens (tertiary/aromatic N) is 5. The Labute approximate surface area is 192 Å². The zero-order valence-electron chi connectivity index (χ0n) is 18.2. The molecule has 0 radical (unpaired) electrons. The Morgan fingerprint density at radius 1 is 0.970 bits per heavy atom. The van der Waals surface area contributed by atoms with Crippen LogP contribution in [0.5, 0.6) is 0 Å². The van der Waals surface area contributed by atoms with Crippen molar-refractivity contribution in [1.29, 1.82) is 0 Å². The van der Waals surface area contributed by atoms with Gasteiger partial charge in [0.2, 0.25) is 0 Å². The molecule has 0 aliphatic carbocycles. The zero-order valence-corrected chi connectivity index (χ0v) is 18.2. The average Bonchev–Trinajstić information content (AvgIpc) is 2.85. The first kappa shape index (κ1) is 21.2. The summed E-state index contributed by atoms with van der Waals surface area (Å²) in [6.07, 6.45) is 9.33. The highest BCUT2D eigenvalue weighted by atomic mass is 19.1. The van der Waals surface area contributed by atoms with Gasteiger partial charge in [-0.15, -0.1) is 0 Å². The van der Waals surface area contributed by atoms with Gasteiger partial charge in [0.25, 0.3) is 0 Å². The number of nitrogens with one attached hydrogen (secondary N) is 1. The molecule has 1 N–H and O–H groups in total. The summed E-state index contributed by atoms with van der Waals surface area (Å²) in [5.74, 6) is 1.37. The van der Waals surface area contributed by atoms with Gasteiger partial charge >= 0.3 is 0 Å². The van der Waals surface area contributed by atoms with E-state index in [0.717, 1.165) is 49.6 Å². The van der Waals surface area contributed by atoms with E-state index in [1.54, 1.807) is 18.5 Å². The van der Waals surface area contributed by atoms with Crippen molar-refractivity contribution in [2.45, 2.75) is 25.3 Å². The molecule has 0 unspecified atom stereocenters. The Balaban J connectivity index is 1.44. The minimum absolute atomic E-state index is 0.213. The fourth-order valence-electron chi connectivity index (χ4n) is 4.25. The maximum atomic E-state index is 13.7. The van der Waals surface area contributed by atoms with Crippen LogP contribution in [0.2, 0.25) is 0 Å². The minimum Gasteiger partial charge on any atom is -0.340 e. The van der Waals surface area contributed by atoms with Gasteiger partial charge in [-0.3, -0.25) is 14.9 Å². The highest BCUT2D eigenvalue weighted by Gasteiger charge is 2.24. The second kappa shape index (κ2) is 9.83. The van der Waals surface area contributed by atoms with Gasteiger partial charge < -0.3 is 5.32 Å². The number of likely N-dealkylation sites (tertiary alicyclic amines) is 1. The zero-order chi connectivity index (χ0) is 22.5. The number of benzene rings is 1. The number of halogens is 1. The average molecular weight is 441 g/mol. The molecule has 6 nitrogen and oxygen atoms in total. The molecule has 5 rings (SSSR count). The van der Waals surface area contributed by atoms with Crippen LogP contribution < -0.4 is 5.32 Å². The standard InChI is InChI=1S/C26H25FN6/c27-22-6-1-7-23(14-22)30-25-15-24(20-4-2-10-29-16-20)31-26(32-25)21-5-3-13-33(18-21)17-19-8-11-28-12-9-19/h1-2,4,6-12,14-16,21H,3,5,13,17-18H2,(H,30,31,32)/t21-/m1/s1. The van der Waals surface area contributed by atoms with E-state index < -0.39 is 0 Å². The number of rotatable bonds is 6. The number of pyridine rings is 2. The van der Waals surface area contributed by atoms with Crippen LogP contribution in [-0.2, 0) is 6.54 Å². The fourth-order valence-corrected chi connectivity index (χ4v) is 4.25. The lowest BCUT2D eigenvalue weighted by atomic mass is 9.96. The molecule has 0 spiro atoms. The van der Waals surface area contributed by atoms with E-state index >= 15 is 0 Å². The molecule has 1 aliphatic heterocycles. The first-order valence-electron chi connectivity index (χ1n) is 11.2.